The molecule has 1 aromatic carbocycles. The molecule has 2 aliphatic rings. The van der Waals surface area contributed by atoms with Crippen molar-refractivity contribution in [1.29, 1.82) is 0 Å². The Balaban J connectivity index is 1.45. The van der Waals surface area contributed by atoms with Crippen LogP contribution in [0.2, 0.25) is 0 Å². The van der Waals surface area contributed by atoms with Crippen LogP contribution < -0.4 is 11.5 Å². The van der Waals surface area contributed by atoms with Gasteiger partial charge in [-0.15, -0.1) is 0 Å². The van der Waals surface area contributed by atoms with E-state index in [-0.39, 0.29) is 5.92 Å². The molecule has 1 amide bonds. The molecule has 2 heterocycles. The maximum absolute atomic E-state index is 12.9. The lowest BCUT2D eigenvalue weighted by atomic mass is 9.93. The van der Waals surface area contributed by atoms with Crippen LogP contribution in [0, 0.1) is 5.92 Å². The number of aromatic nitrogens is 1. The molecule has 4 rings (SSSR count). The molecule has 0 spiro atoms. The zero-order chi connectivity index (χ0) is 18.8. The zero-order valence-corrected chi connectivity index (χ0v) is 15.7. The van der Waals surface area contributed by atoms with E-state index >= 15 is 0 Å². The van der Waals surface area contributed by atoms with Crippen molar-refractivity contribution in [3.8, 4) is 11.1 Å². The highest BCUT2D eigenvalue weighted by Crippen LogP contribution is 2.32. The first-order valence-corrected chi connectivity index (χ1v) is 10.0. The lowest BCUT2D eigenvalue weighted by Crippen LogP contribution is -2.39. The molecule has 1 aliphatic heterocycles. The van der Waals surface area contributed by atoms with E-state index in [1.54, 1.807) is 12.3 Å². The van der Waals surface area contributed by atoms with Crippen molar-refractivity contribution >= 4 is 17.4 Å². The minimum atomic E-state index is 0.0678. The highest BCUT2D eigenvalue weighted by atomic mass is 16.2. The number of benzene rings is 1. The Morgan fingerprint density at radius 3 is 2.48 bits per heavy atom. The van der Waals surface area contributed by atoms with Gasteiger partial charge < -0.3 is 16.4 Å². The average molecular weight is 364 g/mol. The Labute approximate surface area is 160 Å². The van der Waals surface area contributed by atoms with Gasteiger partial charge in [0.25, 0.3) is 0 Å². The molecule has 2 aromatic rings. The molecule has 0 radical (unpaired) electrons. The predicted octanol–water partition coefficient (Wildman–Crippen LogP) is 3.64. The molecule has 0 bridgehead atoms. The normalized spacial score (nSPS) is 21.0. The number of pyridine rings is 1. The van der Waals surface area contributed by atoms with Gasteiger partial charge in [0.05, 0.1) is 0 Å². The van der Waals surface area contributed by atoms with Gasteiger partial charge in [-0.05, 0) is 55.0 Å². The summed E-state index contributed by atoms with van der Waals surface area (Å²) in [5.41, 5.74) is 15.8. The standard InChI is InChI=1S/C22H28N4O/c23-20-13-15(18-8-9-21(24)25-14-18)6-7-16(20)12-17-10-11-26(22(17)27)19-4-2-1-3-5-19/h6-9,13-14,17,19H,1-5,10-12,23H2,(H2,24,25). The quantitative estimate of drug-likeness (QED) is 0.811. The fourth-order valence-corrected chi connectivity index (χ4v) is 4.51. The number of hydrogen-bond acceptors (Lipinski definition) is 4. The van der Waals surface area contributed by atoms with Crippen LogP contribution in [0.1, 0.15) is 44.1 Å². The summed E-state index contributed by atoms with van der Waals surface area (Å²) < 4.78 is 0. The average Bonchev–Trinajstić information content (AvgIpc) is 3.05. The summed E-state index contributed by atoms with van der Waals surface area (Å²) in [7, 11) is 0. The van der Waals surface area contributed by atoms with Crippen LogP contribution in [0.5, 0.6) is 0 Å². The van der Waals surface area contributed by atoms with E-state index in [0.29, 0.717) is 17.8 Å². The number of carbonyl (C=O) groups excluding carboxylic acids is 1. The maximum atomic E-state index is 12.9. The molecule has 1 saturated carbocycles. The maximum Gasteiger partial charge on any atom is 0.226 e. The number of amides is 1. The van der Waals surface area contributed by atoms with Gasteiger partial charge in [-0.25, -0.2) is 4.98 Å². The summed E-state index contributed by atoms with van der Waals surface area (Å²) in [4.78, 5) is 19.2. The molecular formula is C22H28N4O. The molecule has 2 fully saturated rings. The van der Waals surface area contributed by atoms with Crippen molar-refractivity contribution in [3.63, 3.8) is 0 Å². The Morgan fingerprint density at radius 1 is 1.00 bits per heavy atom. The van der Waals surface area contributed by atoms with Gasteiger partial charge in [-0.2, -0.15) is 0 Å². The lowest BCUT2D eigenvalue weighted by molar-refractivity contribution is -0.133. The lowest BCUT2D eigenvalue weighted by Gasteiger charge is -2.31. The smallest absolute Gasteiger partial charge is 0.226 e. The zero-order valence-electron chi connectivity index (χ0n) is 15.7. The Bertz CT molecular complexity index is 812. The molecule has 1 aromatic heterocycles. The number of rotatable bonds is 4. The van der Waals surface area contributed by atoms with Gasteiger partial charge in [0.15, 0.2) is 0 Å². The van der Waals surface area contributed by atoms with Crippen LogP contribution in [0.15, 0.2) is 36.5 Å². The van der Waals surface area contributed by atoms with Crippen molar-refractivity contribution in [2.24, 2.45) is 5.92 Å². The number of nitrogen functional groups attached to an aromatic ring is 2. The second-order valence-electron chi connectivity index (χ2n) is 7.90. The molecule has 1 aliphatic carbocycles. The summed E-state index contributed by atoms with van der Waals surface area (Å²) in [5, 5.41) is 0. The van der Waals surface area contributed by atoms with Gasteiger partial charge in [0.1, 0.15) is 5.82 Å². The summed E-state index contributed by atoms with van der Waals surface area (Å²) in [6, 6.07) is 10.3. The first kappa shape index (κ1) is 17.8. The summed E-state index contributed by atoms with van der Waals surface area (Å²) in [5.74, 6) is 0.900. The molecule has 1 saturated heterocycles. The highest BCUT2D eigenvalue weighted by molar-refractivity contribution is 5.82. The van der Waals surface area contributed by atoms with Crippen LogP contribution in [0.4, 0.5) is 11.5 Å². The number of nitrogens with two attached hydrogens (primary N) is 2. The number of anilines is 2. The van der Waals surface area contributed by atoms with E-state index in [0.717, 1.165) is 41.8 Å². The largest absolute Gasteiger partial charge is 0.398 e. The predicted molar refractivity (Wildman–Crippen MR) is 109 cm³/mol. The van der Waals surface area contributed by atoms with E-state index in [1.807, 2.05) is 12.1 Å². The van der Waals surface area contributed by atoms with E-state index in [1.165, 1.54) is 32.1 Å². The summed E-state index contributed by atoms with van der Waals surface area (Å²) in [6.07, 6.45) is 9.60. The van der Waals surface area contributed by atoms with Gasteiger partial charge in [0.2, 0.25) is 5.91 Å². The number of nitrogens with zero attached hydrogens (tertiary/aromatic N) is 2. The molecule has 1 atom stereocenters. The molecule has 142 valence electrons. The first-order valence-electron chi connectivity index (χ1n) is 10.0. The Hall–Kier alpha value is -2.56. The molecule has 5 heteroatoms. The van der Waals surface area contributed by atoms with Gasteiger partial charge >= 0.3 is 0 Å². The SMILES string of the molecule is Nc1ccc(-c2ccc(CC3CCN(C4CCCCC4)C3=O)c(N)c2)cn1. The van der Waals surface area contributed by atoms with Crippen molar-refractivity contribution in [2.75, 3.05) is 18.0 Å². The van der Waals surface area contributed by atoms with Gasteiger partial charge in [-0.1, -0.05) is 31.4 Å². The second-order valence-corrected chi connectivity index (χ2v) is 7.90. The molecule has 1 unspecified atom stereocenters. The third-order valence-corrected chi connectivity index (χ3v) is 6.10. The fraction of sp³-hybridized carbons (Fsp3) is 0.455. The molecular weight excluding hydrogens is 336 g/mol. The minimum absolute atomic E-state index is 0.0678. The van der Waals surface area contributed by atoms with Crippen molar-refractivity contribution in [1.82, 2.24) is 9.88 Å². The fourth-order valence-electron chi connectivity index (χ4n) is 4.51. The molecule has 27 heavy (non-hydrogen) atoms. The van der Waals surface area contributed by atoms with E-state index in [4.69, 9.17) is 11.5 Å². The summed E-state index contributed by atoms with van der Waals surface area (Å²) >= 11 is 0. The topological polar surface area (TPSA) is 85.2 Å². The van der Waals surface area contributed by atoms with E-state index in [2.05, 4.69) is 22.0 Å². The van der Waals surface area contributed by atoms with E-state index in [9.17, 15) is 4.79 Å². The van der Waals surface area contributed by atoms with Crippen LogP contribution in [-0.4, -0.2) is 28.4 Å². The monoisotopic (exact) mass is 364 g/mol. The van der Waals surface area contributed by atoms with Crippen molar-refractivity contribution in [3.05, 3.63) is 42.1 Å². The van der Waals surface area contributed by atoms with Gasteiger partial charge in [-0.3, -0.25) is 4.79 Å². The Morgan fingerprint density at radius 2 is 1.78 bits per heavy atom. The highest BCUT2D eigenvalue weighted by Gasteiger charge is 2.36. The molecule has 5 nitrogen and oxygen atoms in total. The minimum Gasteiger partial charge on any atom is -0.398 e. The van der Waals surface area contributed by atoms with Crippen LogP contribution >= 0.6 is 0 Å². The van der Waals surface area contributed by atoms with Crippen molar-refractivity contribution in [2.45, 2.75) is 51.0 Å². The third-order valence-electron chi connectivity index (χ3n) is 6.10. The van der Waals surface area contributed by atoms with Crippen LogP contribution in [0.25, 0.3) is 11.1 Å². The number of carbonyl (C=O) groups is 1. The number of hydrogen-bond donors (Lipinski definition) is 2. The summed E-state index contributed by atoms with van der Waals surface area (Å²) in [6.45, 7) is 0.906. The second kappa shape index (κ2) is 7.59. The van der Waals surface area contributed by atoms with Crippen LogP contribution in [-0.2, 0) is 11.2 Å². The van der Waals surface area contributed by atoms with E-state index < -0.39 is 0 Å². The first-order chi connectivity index (χ1) is 13.1. The van der Waals surface area contributed by atoms with Crippen LogP contribution in [0.3, 0.4) is 0 Å². The van der Waals surface area contributed by atoms with Crippen molar-refractivity contribution < 1.29 is 4.79 Å². The molecule has 4 N–H and O–H groups in total. The third kappa shape index (κ3) is 3.77. The Kier molecular flexibility index (Phi) is 5.01. The number of likely N-dealkylation sites (tertiary alicyclic amines) is 1. The van der Waals surface area contributed by atoms with Gasteiger partial charge in [0, 0.05) is 36.0 Å².